The Kier molecular flexibility index (Phi) is 2.29. The van der Waals surface area contributed by atoms with Crippen molar-refractivity contribution in [3.63, 3.8) is 0 Å². The van der Waals surface area contributed by atoms with Gasteiger partial charge in [-0.2, -0.15) is 0 Å². The van der Waals surface area contributed by atoms with Crippen molar-refractivity contribution in [1.82, 2.24) is 5.32 Å². The van der Waals surface area contributed by atoms with E-state index < -0.39 is 0 Å². The zero-order valence-electron chi connectivity index (χ0n) is 8.12. The lowest BCUT2D eigenvalue weighted by Crippen LogP contribution is -2.42. The quantitative estimate of drug-likeness (QED) is 0.697. The molecule has 1 aliphatic rings. The third-order valence-corrected chi connectivity index (χ3v) is 2.43. The maximum atomic E-state index is 11.2. The van der Waals surface area contributed by atoms with Crippen molar-refractivity contribution in [3.05, 3.63) is 23.7 Å². The fraction of sp³-hybridized carbons (Fsp3) is 0.500. The van der Waals surface area contributed by atoms with Crippen molar-refractivity contribution < 1.29 is 9.21 Å². The Morgan fingerprint density at radius 3 is 2.93 bits per heavy atom. The lowest BCUT2D eigenvalue weighted by Gasteiger charge is -2.25. The summed E-state index contributed by atoms with van der Waals surface area (Å²) in [7, 11) is 0. The maximum absolute atomic E-state index is 11.2. The second kappa shape index (κ2) is 3.46. The van der Waals surface area contributed by atoms with Gasteiger partial charge in [-0.05, 0) is 25.5 Å². The second-order valence-electron chi connectivity index (χ2n) is 3.77. The van der Waals surface area contributed by atoms with Gasteiger partial charge < -0.3 is 15.5 Å². The Bertz CT molecular complexity index is 346. The van der Waals surface area contributed by atoms with E-state index >= 15 is 0 Å². The highest BCUT2D eigenvalue weighted by Crippen LogP contribution is 2.24. The SMILES string of the molecule is Cc1ccc(C2CC(N)CC(=O)N2)o1. The summed E-state index contributed by atoms with van der Waals surface area (Å²) < 4.78 is 5.45. The van der Waals surface area contributed by atoms with Crippen LogP contribution in [0.2, 0.25) is 0 Å². The molecular weight excluding hydrogens is 180 g/mol. The molecule has 76 valence electrons. The molecule has 1 fully saturated rings. The lowest BCUT2D eigenvalue weighted by atomic mass is 9.98. The predicted octanol–water partition coefficient (Wildman–Crippen LogP) is 0.866. The van der Waals surface area contributed by atoms with Crippen LogP contribution in [-0.4, -0.2) is 11.9 Å². The number of nitrogens with two attached hydrogens (primary N) is 1. The Morgan fingerprint density at radius 2 is 2.36 bits per heavy atom. The zero-order valence-corrected chi connectivity index (χ0v) is 8.12. The summed E-state index contributed by atoms with van der Waals surface area (Å²) in [5.41, 5.74) is 5.76. The maximum Gasteiger partial charge on any atom is 0.222 e. The van der Waals surface area contributed by atoms with Gasteiger partial charge in [0.1, 0.15) is 11.5 Å². The van der Waals surface area contributed by atoms with E-state index in [1.165, 1.54) is 0 Å². The minimum atomic E-state index is -0.0563. The molecule has 0 saturated carbocycles. The van der Waals surface area contributed by atoms with Crippen molar-refractivity contribution in [2.75, 3.05) is 0 Å². The van der Waals surface area contributed by atoms with E-state index in [1.54, 1.807) is 0 Å². The molecule has 2 rings (SSSR count). The van der Waals surface area contributed by atoms with E-state index in [-0.39, 0.29) is 18.0 Å². The summed E-state index contributed by atoms with van der Waals surface area (Å²) in [6.45, 7) is 1.88. The summed E-state index contributed by atoms with van der Waals surface area (Å²) in [4.78, 5) is 11.2. The average molecular weight is 194 g/mol. The van der Waals surface area contributed by atoms with Gasteiger partial charge in [-0.1, -0.05) is 0 Å². The van der Waals surface area contributed by atoms with E-state index in [0.29, 0.717) is 6.42 Å². The van der Waals surface area contributed by atoms with Gasteiger partial charge in [-0.25, -0.2) is 0 Å². The number of hydrogen-bond acceptors (Lipinski definition) is 3. The summed E-state index contributed by atoms with van der Waals surface area (Å²) in [5.74, 6) is 1.65. The first-order valence-electron chi connectivity index (χ1n) is 4.76. The average Bonchev–Trinajstić information content (AvgIpc) is 2.50. The number of nitrogens with one attached hydrogen (secondary N) is 1. The number of piperidine rings is 1. The van der Waals surface area contributed by atoms with Crippen LogP contribution in [-0.2, 0) is 4.79 Å². The number of carbonyl (C=O) groups excluding carboxylic acids is 1. The number of amides is 1. The van der Waals surface area contributed by atoms with Crippen molar-refractivity contribution >= 4 is 5.91 Å². The lowest BCUT2D eigenvalue weighted by molar-refractivity contribution is -0.123. The first-order chi connectivity index (χ1) is 6.65. The van der Waals surface area contributed by atoms with Crippen LogP contribution in [0, 0.1) is 6.92 Å². The smallest absolute Gasteiger partial charge is 0.222 e. The molecule has 2 unspecified atom stereocenters. The Morgan fingerprint density at radius 1 is 1.57 bits per heavy atom. The van der Waals surface area contributed by atoms with Crippen LogP contribution in [0.25, 0.3) is 0 Å². The molecule has 0 aliphatic carbocycles. The van der Waals surface area contributed by atoms with E-state index in [1.807, 2.05) is 19.1 Å². The van der Waals surface area contributed by atoms with E-state index in [4.69, 9.17) is 10.2 Å². The molecule has 1 aliphatic heterocycles. The molecular formula is C10H14N2O2. The third kappa shape index (κ3) is 1.80. The topological polar surface area (TPSA) is 68.3 Å². The molecule has 0 spiro atoms. The molecule has 2 atom stereocenters. The molecule has 0 aromatic carbocycles. The van der Waals surface area contributed by atoms with Crippen molar-refractivity contribution in [1.29, 1.82) is 0 Å². The van der Waals surface area contributed by atoms with Crippen LogP contribution in [0.15, 0.2) is 16.5 Å². The van der Waals surface area contributed by atoms with Gasteiger partial charge in [-0.15, -0.1) is 0 Å². The van der Waals surface area contributed by atoms with Crippen LogP contribution in [0.5, 0.6) is 0 Å². The molecule has 2 heterocycles. The Hall–Kier alpha value is -1.29. The highest BCUT2D eigenvalue weighted by Gasteiger charge is 2.26. The number of carbonyl (C=O) groups is 1. The molecule has 14 heavy (non-hydrogen) atoms. The van der Waals surface area contributed by atoms with Gasteiger partial charge in [0, 0.05) is 12.5 Å². The van der Waals surface area contributed by atoms with Crippen LogP contribution in [0.4, 0.5) is 0 Å². The van der Waals surface area contributed by atoms with Crippen LogP contribution < -0.4 is 11.1 Å². The number of rotatable bonds is 1. The summed E-state index contributed by atoms with van der Waals surface area (Å²) in [6, 6.07) is 3.67. The summed E-state index contributed by atoms with van der Waals surface area (Å²) >= 11 is 0. The zero-order chi connectivity index (χ0) is 10.1. The third-order valence-electron chi connectivity index (χ3n) is 2.43. The minimum absolute atomic E-state index is 0.00260. The van der Waals surface area contributed by atoms with Crippen molar-refractivity contribution in [2.24, 2.45) is 5.73 Å². The standard InChI is InChI=1S/C10H14N2O2/c1-6-2-3-9(14-6)8-4-7(11)5-10(13)12-8/h2-3,7-8H,4-5,11H2,1H3,(H,12,13). The van der Waals surface area contributed by atoms with E-state index in [9.17, 15) is 4.79 Å². The molecule has 0 radical (unpaired) electrons. The van der Waals surface area contributed by atoms with E-state index in [0.717, 1.165) is 17.9 Å². The first-order valence-corrected chi connectivity index (χ1v) is 4.76. The van der Waals surface area contributed by atoms with E-state index in [2.05, 4.69) is 5.32 Å². The first kappa shape index (κ1) is 9.27. The van der Waals surface area contributed by atoms with Gasteiger partial charge in [0.25, 0.3) is 0 Å². The Balaban J connectivity index is 2.14. The highest BCUT2D eigenvalue weighted by atomic mass is 16.3. The van der Waals surface area contributed by atoms with Gasteiger partial charge in [0.05, 0.1) is 6.04 Å². The summed E-state index contributed by atoms with van der Waals surface area (Å²) in [5, 5.41) is 2.86. The number of furan rings is 1. The molecule has 1 saturated heterocycles. The monoisotopic (exact) mass is 194 g/mol. The normalized spacial score (nSPS) is 27.4. The van der Waals surface area contributed by atoms with Crippen LogP contribution >= 0.6 is 0 Å². The molecule has 1 aromatic heterocycles. The molecule has 1 amide bonds. The van der Waals surface area contributed by atoms with Crippen molar-refractivity contribution in [3.8, 4) is 0 Å². The second-order valence-corrected chi connectivity index (χ2v) is 3.77. The molecule has 0 bridgehead atoms. The molecule has 1 aromatic rings. The fourth-order valence-corrected chi connectivity index (χ4v) is 1.76. The highest BCUT2D eigenvalue weighted by molar-refractivity contribution is 5.77. The number of hydrogen-bond donors (Lipinski definition) is 2. The molecule has 4 heteroatoms. The molecule has 3 N–H and O–H groups in total. The predicted molar refractivity (Wildman–Crippen MR) is 51.5 cm³/mol. The van der Waals surface area contributed by atoms with Gasteiger partial charge in [0.2, 0.25) is 5.91 Å². The Labute approximate surface area is 82.5 Å². The van der Waals surface area contributed by atoms with Crippen LogP contribution in [0.3, 0.4) is 0 Å². The largest absolute Gasteiger partial charge is 0.464 e. The minimum Gasteiger partial charge on any atom is -0.464 e. The van der Waals surface area contributed by atoms with Crippen molar-refractivity contribution in [2.45, 2.75) is 31.8 Å². The van der Waals surface area contributed by atoms with Gasteiger partial charge in [-0.3, -0.25) is 4.79 Å². The van der Waals surface area contributed by atoms with Crippen LogP contribution in [0.1, 0.15) is 30.4 Å². The van der Waals surface area contributed by atoms with Gasteiger partial charge in [0.15, 0.2) is 0 Å². The fourth-order valence-electron chi connectivity index (χ4n) is 1.76. The molecule has 4 nitrogen and oxygen atoms in total. The number of aryl methyl sites for hydroxylation is 1. The summed E-state index contributed by atoms with van der Waals surface area (Å²) in [6.07, 6.45) is 1.16. The van der Waals surface area contributed by atoms with Gasteiger partial charge >= 0.3 is 0 Å².